The van der Waals surface area contributed by atoms with Crippen LogP contribution in [0.3, 0.4) is 0 Å². The van der Waals surface area contributed by atoms with Crippen LogP contribution in [0.15, 0.2) is 24.3 Å². The van der Waals surface area contributed by atoms with E-state index in [1.165, 1.54) is 31.2 Å². The number of nitrogens with one attached hydrogen (secondary N) is 1. The molecule has 0 spiro atoms. The van der Waals surface area contributed by atoms with E-state index in [-0.39, 0.29) is 24.1 Å². The van der Waals surface area contributed by atoms with Gasteiger partial charge < -0.3 is 15.6 Å². The number of nitro groups is 1. The number of β-lactam (4-membered cyclic amide) rings is 1. The second-order valence-electron chi connectivity index (χ2n) is 6.15. The van der Waals surface area contributed by atoms with Gasteiger partial charge >= 0.3 is 11.7 Å². The lowest BCUT2D eigenvalue weighted by Crippen LogP contribution is -2.62. The van der Waals surface area contributed by atoms with Crippen molar-refractivity contribution < 1.29 is 28.8 Å². The molecular weight excluding hydrogens is 356 g/mol. The molecule has 10 nitrogen and oxygen atoms in total. The number of carbonyl (C=O) groups is 3. The predicted molar refractivity (Wildman–Crippen MR) is 91.4 cm³/mol. The number of Topliss-reactive ketones (excluding diaryl/α,β-unsaturated/α-hetero) is 1. The largest absolute Gasteiger partial charge is 0.452 e. The number of ether oxygens (including phenoxy) is 1. The average Bonchev–Trinajstić information content (AvgIpc) is 2.64. The van der Waals surface area contributed by atoms with Gasteiger partial charge in [0.05, 0.1) is 16.9 Å². The molecule has 1 heterocycles. The van der Waals surface area contributed by atoms with E-state index < -0.39 is 34.3 Å². The Labute approximate surface area is 154 Å². The summed E-state index contributed by atoms with van der Waals surface area (Å²) in [7, 11) is 0. The van der Waals surface area contributed by atoms with Crippen LogP contribution < -0.4 is 5.32 Å². The standard InChI is InChI=1S/C17H18N4O6/c1-3-12-13(19-16(12)23)9(2)15(22)14(20-18)17(24)27-8-10-4-6-11(7-5-10)21(25)26/h4-7,9,12-13H,3,8H2,1-2H3,(H,19,23)/t9-,12-,13-/m1/s1. The molecule has 142 valence electrons. The van der Waals surface area contributed by atoms with E-state index in [0.29, 0.717) is 12.0 Å². The van der Waals surface area contributed by atoms with Crippen LogP contribution in [0.1, 0.15) is 25.8 Å². The fraction of sp³-hybridized carbons (Fsp3) is 0.412. The quantitative estimate of drug-likeness (QED) is 0.105. The molecule has 1 aromatic rings. The Morgan fingerprint density at radius 3 is 2.48 bits per heavy atom. The summed E-state index contributed by atoms with van der Waals surface area (Å²) in [5.41, 5.74) is 8.65. The number of nitro benzene ring substituents is 1. The lowest BCUT2D eigenvalue weighted by atomic mass is 9.78. The lowest BCUT2D eigenvalue weighted by molar-refractivity contribution is -0.384. The molecule has 3 atom stereocenters. The summed E-state index contributed by atoms with van der Waals surface area (Å²) in [6.07, 6.45) is 0.546. The number of ketones is 1. The summed E-state index contributed by atoms with van der Waals surface area (Å²) in [6, 6.07) is 4.88. The summed E-state index contributed by atoms with van der Waals surface area (Å²) in [5.74, 6) is -3.11. The van der Waals surface area contributed by atoms with Crippen LogP contribution in [-0.2, 0) is 25.7 Å². The normalized spacial score (nSPS) is 19.1. The topological polar surface area (TPSA) is 152 Å². The van der Waals surface area contributed by atoms with Crippen molar-refractivity contribution >= 4 is 29.1 Å². The van der Waals surface area contributed by atoms with E-state index in [9.17, 15) is 24.5 Å². The van der Waals surface area contributed by atoms with Crippen LogP contribution in [0.2, 0.25) is 0 Å². The van der Waals surface area contributed by atoms with Crippen molar-refractivity contribution in [2.24, 2.45) is 11.8 Å². The highest BCUT2D eigenvalue weighted by Crippen LogP contribution is 2.26. The molecule has 0 radical (unpaired) electrons. The van der Waals surface area contributed by atoms with Gasteiger partial charge in [0, 0.05) is 18.1 Å². The maximum Gasteiger partial charge on any atom is 0.441 e. The van der Waals surface area contributed by atoms with Crippen molar-refractivity contribution in [3.63, 3.8) is 0 Å². The van der Waals surface area contributed by atoms with E-state index in [0.717, 1.165) is 0 Å². The second-order valence-corrected chi connectivity index (χ2v) is 6.15. The number of carbonyl (C=O) groups excluding carboxylic acids is 3. The zero-order valence-electron chi connectivity index (χ0n) is 14.7. The minimum Gasteiger partial charge on any atom is -0.452 e. The van der Waals surface area contributed by atoms with Gasteiger partial charge in [0.15, 0.2) is 0 Å². The zero-order valence-corrected chi connectivity index (χ0v) is 14.7. The molecule has 1 N–H and O–H groups in total. The molecule has 0 bridgehead atoms. The highest BCUT2D eigenvalue weighted by atomic mass is 16.6. The van der Waals surface area contributed by atoms with Gasteiger partial charge in [0.1, 0.15) is 6.61 Å². The SMILES string of the molecule is CC[C@H]1C(=O)N[C@@H]1[C@@H](C)C(=O)C(=[N+]=[N-])C(=O)OCc1ccc([N+](=O)[O-])cc1. The maximum atomic E-state index is 12.4. The van der Waals surface area contributed by atoms with Gasteiger partial charge in [-0.2, -0.15) is 4.79 Å². The molecule has 1 saturated heterocycles. The van der Waals surface area contributed by atoms with Crippen LogP contribution in [0.5, 0.6) is 0 Å². The third kappa shape index (κ3) is 4.24. The van der Waals surface area contributed by atoms with Crippen molar-refractivity contribution in [1.29, 1.82) is 0 Å². The fourth-order valence-electron chi connectivity index (χ4n) is 2.85. The first-order chi connectivity index (χ1) is 12.8. The maximum absolute atomic E-state index is 12.4. The molecule has 27 heavy (non-hydrogen) atoms. The number of nitrogens with zero attached hydrogens (tertiary/aromatic N) is 3. The predicted octanol–water partition coefficient (Wildman–Crippen LogP) is 1.04. The Morgan fingerprint density at radius 2 is 2.00 bits per heavy atom. The number of hydrogen-bond acceptors (Lipinski definition) is 6. The first kappa shape index (κ1) is 19.9. The first-order valence-corrected chi connectivity index (χ1v) is 8.27. The average molecular weight is 374 g/mol. The second kappa shape index (κ2) is 8.33. The molecule has 1 aliphatic rings. The van der Waals surface area contributed by atoms with Crippen molar-refractivity contribution in [2.75, 3.05) is 0 Å². The minimum absolute atomic E-state index is 0.111. The molecule has 0 aromatic heterocycles. The number of hydrogen-bond donors (Lipinski definition) is 1. The third-order valence-electron chi connectivity index (χ3n) is 4.52. The van der Waals surface area contributed by atoms with Gasteiger partial charge in [0.2, 0.25) is 5.91 Å². The Balaban J connectivity index is 1.99. The monoisotopic (exact) mass is 374 g/mol. The number of amides is 1. The number of non-ortho nitro benzene ring substituents is 1. The third-order valence-corrected chi connectivity index (χ3v) is 4.52. The molecule has 0 saturated carbocycles. The van der Waals surface area contributed by atoms with Crippen LogP contribution in [0.25, 0.3) is 5.53 Å². The molecule has 2 rings (SSSR count). The Bertz CT molecular complexity index is 828. The van der Waals surface area contributed by atoms with Crippen molar-refractivity contribution in [1.82, 2.24) is 5.32 Å². The van der Waals surface area contributed by atoms with E-state index in [1.54, 1.807) is 0 Å². The number of rotatable bonds is 8. The van der Waals surface area contributed by atoms with E-state index in [4.69, 9.17) is 10.3 Å². The molecule has 1 aromatic carbocycles. The van der Waals surface area contributed by atoms with Crippen molar-refractivity contribution in [3.8, 4) is 0 Å². The van der Waals surface area contributed by atoms with E-state index in [2.05, 4.69) is 10.1 Å². The first-order valence-electron chi connectivity index (χ1n) is 8.27. The van der Waals surface area contributed by atoms with Gasteiger partial charge in [-0.05, 0) is 24.1 Å². The van der Waals surface area contributed by atoms with Crippen molar-refractivity contribution in [3.05, 3.63) is 45.5 Å². The summed E-state index contributed by atoms with van der Waals surface area (Å²) in [6.45, 7) is 3.09. The van der Waals surface area contributed by atoms with Crippen LogP contribution in [0.4, 0.5) is 5.69 Å². The summed E-state index contributed by atoms with van der Waals surface area (Å²) in [5, 5.41) is 13.2. The van der Waals surface area contributed by atoms with E-state index >= 15 is 0 Å². The summed E-state index contributed by atoms with van der Waals surface area (Å²) in [4.78, 5) is 48.8. The van der Waals surface area contributed by atoms with Gasteiger partial charge in [-0.3, -0.25) is 19.7 Å². The van der Waals surface area contributed by atoms with Crippen LogP contribution >= 0.6 is 0 Å². The van der Waals surface area contributed by atoms with Gasteiger partial charge in [0.25, 0.3) is 11.5 Å². The molecule has 0 unspecified atom stereocenters. The van der Waals surface area contributed by atoms with Crippen LogP contribution in [0, 0.1) is 22.0 Å². The zero-order chi connectivity index (χ0) is 20.1. The lowest BCUT2D eigenvalue weighted by Gasteiger charge is -2.38. The van der Waals surface area contributed by atoms with Gasteiger partial charge in [-0.15, -0.1) is 0 Å². The van der Waals surface area contributed by atoms with Gasteiger partial charge in [-0.1, -0.05) is 13.8 Å². The number of benzene rings is 1. The van der Waals surface area contributed by atoms with Crippen molar-refractivity contribution in [2.45, 2.75) is 32.9 Å². The molecule has 1 amide bonds. The molecule has 10 heteroatoms. The molecular formula is C17H18N4O6. The molecule has 1 aliphatic heterocycles. The van der Waals surface area contributed by atoms with Crippen LogP contribution in [-0.4, -0.2) is 39.1 Å². The Kier molecular flexibility index (Phi) is 6.15. The number of esters is 1. The Hall–Kier alpha value is -3.39. The molecule has 0 aliphatic carbocycles. The Morgan fingerprint density at radius 1 is 1.37 bits per heavy atom. The highest BCUT2D eigenvalue weighted by Gasteiger charge is 2.47. The highest BCUT2D eigenvalue weighted by molar-refractivity contribution is 6.62. The summed E-state index contributed by atoms with van der Waals surface area (Å²) >= 11 is 0. The fourth-order valence-corrected chi connectivity index (χ4v) is 2.85. The van der Waals surface area contributed by atoms with E-state index in [1.807, 2.05) is 6.92 Å². The minimum atomic E-state index is -1.12. The smallest absolute Gasteiger partial charge is 0.441 e. The molecule has 1 fully saturated rings. The van der Waals surface area contributed by atoms with Gasteiger partial charge in [-0.25, -0.2) is 4.79 Å². The summed E-state index contributed by atoms with van der Waals surface area (Å²) < 4.78 is 4.95.